The molecule has 4 N–H and O–H groups in total. The van der Waals surface area contributed by atoms with Crippen LogP contribution in [0, 0.1) is 12.8 Å². The minimum Gasteiger partial charge on any atom is -0.384 e. The van der Waals surface area contributed by atoms with Crippen LogP contribution in [-0.2, 0) is 4.79 Å². The summed E-state index contributed by atoms with van der Waals surface area (Å²) in [6.07, 6.45) is 1.48. The van der Waals surface area contributed by atoms with Crippen LogP contribution in [0.4, 0.5) is 11.5 Å². The highest BCUT2D eigenvalue weighted by atomic mass is 35.5. The summed E-state index contributed by atoms with van der Waals surface area (Å²) in [6.45, 7) is 5.70. The van der Waals surface area contributed by atoms with Crippen molar-refractivity contribution in [2.75, 3.05) is 11.1 Å². The van der Waals surface area contributed by atoms with E-state index >= 15 is 0 Å². The summed E-state index contributed by atoms with van der Waals surface area (Å²) in [5, 5.41) is 5.53. The number of hydrogen-bond acceptors (Lipinski definition) is 4. The molecule has 0 bridgehead atoms. The summed E-state index contributed by atoms with van der Waals surface area (Å²) in [5.74, 6) is -0.265. The third kappa shape index (κ3) is 5.76. The summed E-state index contributed by atoms with van der Waals surface area (Å²) in [6, 6.07) is 9.81. The summed E-state index contributed by atoms with van der Waals surface area (Å²) in [5.41, 5.74) is 7.65. The quantitative estimate of drug-likeness (QED) is 0.761. The average Bonchev–Trinajstić information content (AvgIpc) is 2.54. The van der Waals surface area contributed by atoms with Crippen LogP contribution in [0.1, 0.15) is 29.8 Å². The van der Waals surface area contributed by atoms with Crippen LogP contribution in [-0.4, -0.2) is 22.8 Å². The molecule has 6 nitrogen and oxygen atoms in total. The first-order chi connectivity index (χ1) is 11.4. The van der Waals surface area contributed by atoms with Gasteiger partial charge in [-0.25, -0.2) is 4.98 Å². The number of nitrogens with two attached hydrogens (primary N) is 1. The van der Waals surface area contributed by atoms with Crippen LogP contribution >= 0.6 is 12.4 Å². The molecule has 0 aliphatic heterocycles. The summed E-state index contributed by atoms with van der Waals surface area (Å²) >= 11 is 0. The Balaban J connectivity index is 0.00000312. The number of nitrogens with zero attached hydrogens (tertiary/aromatic N) is 1. The molecule has 25 heavy (non-hydrogen) atoms. The minimum atomic E-state index is -0.656. The van der Waals surface area contributed by atoms with Gasteiger partial charge >= 0.3 is 0 Å². The van der Waals surface area contributed by atoms with Gasteiger partial charge in [0.05, 0.1) is 11.9 Å². The van der Waals surface area contributed by atoms with E-state index in [1.807, 2.05) is 32.9 Å². The van der Waals surface area contributed by atoms with E-state index in [0.29, 0.717) is 17.1 Å². The molecule has 0 fully saturated rings. The fourth-order valence-corrected chi connectivity index (χ4v) is 2.16. The standard InChI is InChI=1S/C18H22N4O2.ClH/c1-11(2)16(18(24)21-14-8-9-15(19)20-10-14)22-17(23)13-6-4-12(3)5-7-13;/h4-11,16H,1-3H3,(H2,19,20)(H,21,24)(H,22,23);1H. The molecule has 1 atom stereocenters. The number of nitrogen functional groups attached to an aromatic ring is 1. The van der Waals surface area contributed by atoms with Crippen molar-refractivity contribution in [2.24, 2.45) is 5.92 Å². The SMILES string of the molecule is Cc1ccc(C(=O)NC(C(=O)Nc2ccc(N)nc2)C(C)C)cc1.Cl. The second-order valence-electron chi connectivity index (χ2n) is 6.02. The third-order valence-electron chi connectivity index (χ3n) is 3.60. The predicted molar refractivity (Wildman–Crippen MR) is 102 cm³/mol. The number of amides is 2. The van der Waals surface area contributed by atoms with E-state index in [9.17, 15) is 9.59 Å². The van der Waals surface area contributed by atoms with Gasteiger partial charge in [-0.2, -0.15) is 0 Å². The van der Waals surface area contributed by atoms with E-state index < -0.39 is 6.04 Å². The van der Waals surface area contributed by atoms with Crippen molar-refractivity contribution in [1.29, 1.82) is 0 Å². The van der Waals surface area contributed by atoms with Gasteiger partial charge in [-0.3, -0.25) is 9.59 Å². The zero-order chi connectivity index (χ0) is 17.7. The lowest BCUT2D eigenvalue weighted by molar-refractivity contribution is -0.118. The smallest absolute Gasteiger partial charge is 0.251 e. The molecular formula is C18H23ClN4O2. The zero-order valence-electron chi connectivity index (χ0n) is 14.4. The first kappa shape index (κ1) is 20.4. The van der Waals surface area contributed by atoms with Crippen LogP contribution in [0.5, 0.6) is 0 Å². The molecule has 0 aliphatic rings. The number of hydrogen-bond donors (Lipinski definition) is 3. The summed E-state index contributed by atoms with van der Waals surface area (Å²) < 4.78 is 0. The molecule has 0 aliphatic carbocycles. The van der Waals surface area contributed by atoms with Crippen LogP contribution in [0.2, 0.25) is 0 Å². The van der Waals surface area contributed by atoms with Gasteiger partial charge in [-0.05, 0) is 37.1 Å². The van der Waals surface area contributed by atoms with Crippen molar-refractivity contribution in [3.8, 4) is 0 Å². The highest BCUT2D eigenvalue weighted by Gasteiger charge is 2.24. The van der Waals surface area contributed by atoms with E-state index in [0.717, 1.165) is 5.56 Å². The monoisotopic (exact) mass is 362 g/mol. The molecule has 134 valence electrons. The molecular weight excluding hydrogens is 340 g/mol. The van der Waals surface area contributed by atoms with Crippen molar-refractivity contribution in [3.63, 3.8) is 0 Å². The number of aryl methyl sites for hydroxylation is 1. The number of carbonyl (C=O) groups is 2. The predicted octanol–water partition coefficient (Wildman–Crippen LogP) is 2.79. The van der Waals surface area contributed by atoms with Gasteiger partial charge in [-0.1, -0.05) is 31.5 Å². The molecule has 0 saturated heterocycles. The molecule has 1 aromatic heterocycles. The maximum absolute atomic E-state index is 12.5. The second kappa shape index (κ2) is 9.03. The largest absolute Gasteiger partial charge is 0.384 e. The molecule has 2 aromatic rings. The molecule has 0 saturated carbocycles. The Morgan fingerprint density at radius 1 is 1.08 bits per heavy atom. The Hall–Kier alpha value is -2.60. The van der Waals surface area contributed by atoms with Crippen LogP contribution in [0.15, 0.2) is 42.6 Å². The van der Waals surface area contributed by atoms with Crippen molar-refractivity contribution in [3.05, 3.63) is 53.7 Å². The van der Waals surface area contributed by atoms with Crippen molar-refractivity contribution >= 4 is 35.7 Å². The molecule has 0 radical (unpaired) electrons. The molecule has 2 amide bonds. The van der Waals surface area contributed by atoms with Gasteiger partial charge in [0, 0.05) is 5.56 Å². The number of rotatable bonds is 5. The second-order valence-corrected chi connectivity index (χ2v) is 6.02. The van der Waals surface area contributed by atoms with E-state index in [1.54, 1.807) is 24.3 Å². The van der Waals surface area contributed by atoms with Gasteiger partial charge in [0.25, 0.3) is 5.91 Å². The Morgan fingerprint density at radius 3 is 2.24 bits per heavy atom. The fraction of sp³-hybridized carbons (Fsp3) is 0.278. The van der Waals surface area contributed by atoms with Crippen LogP contribution < -0.4 is 16.4 Å². The number of aromatic nitrogens is 1. The highest BCUT2D eigenvalue weighted by Crippen LogP contribution is 2.11. The lowest BCUT2D eigenvalue weighted by Gasteiger charge is -2.21. The van der Waals surface area contributed by atoms with E-state index in [2.05, 4.69) is 15.6 Å². The lowest BCUT2D eigenvalue weighted by Crippen LogP contribution is -2.47. The fourth-order valence-electron chi connectivity index (χ4n) is 2.16. The van der Waals surface area contributed by atoms with E-state index in [1.165, 1.54) is 6.20 Å². The number of benzene rings is 1. The molecule has 1 aromatic carbocycles. The van der Waals surface area contributed by atoms with Crippen molar-refractivity contribution in [2.45, 2.75) is 26.8 Å². The van der Waals surface area contributed by atoms with Crippen molar-refractivity contribution < 1.29 is 9.59 Å². The van der Waals surface area contributed by atoms with Gasteiger partial charge in [-0.15, -0.1) is 12.4 Å². The number of carbonyl (C=O) groups excluding carboxylic acids is 2. The normalized spacial score (nSPS) is 11.4. The molecule has 1 heterocycles. The minimum absolute atomic E-state index is 0. The van der Waals surface area contributed by atoms with Crippen molar-refractivity contribution in [1.82, 2.24) is 10.3 Å². The molecule has 7 heteroatoms. The Morgan fingerprint density at radius 2 is 1.72 bits per heavy atom. The third-order valence-corrected chi connectivity index (χ3v) is 3.60. The molecule has 1 unspecified atom stereocenters. The highest BCUT2D eigenvalue weighted by molar-refractivity contribution is 6.01. The van der Waals surface area contributed by atoms with Gasteiger partial charge in [0.1, 0.15) is 11.9 Å². The van der Waals surface area contributed by atoms with Crippen LogP contribution in [0.3, 0.4) is 0 Å². The number of anilines is 2. The summed E-state index contributed by atoms with van der Waals surface area (Å²) in [4.78, 5) is 28.8. The van der Waals surface area contributed by atoms with E-state index in [-0.39, 0.29) is 30.1 Å². The Kier molecular flexibility index (Phi) is 7.39. The lowest BCUT2D eigenvalue weighted by atomic mass is 10.0. The Bertz CT molecular complexity index is 715. The average molecular weight is 363 g/mol. The van der Waals surface area contributed by atoms with E-state index in [4.69, 9.17) is 5.73 Å². The maximum atomic E-state index is 12.5. The number of pyridine rings is 1. The maximum Gasteiger partial charge on any atom is 0.251 e. The van der Waals surface area contributed by atoms with Crippen LogP contribution in [0.25, 0.3) is 0 Å². The number of halogens is 1. The summed E-state index contributed by atoms with van der Waals surface area (Å²) in [7, 11) is 0. The van der Waals surface area contributed by atoms with Gasteiger partial charge in [0.15, 0.2) is 0 Å². The zero-order valence-corrected chi connectivity index (χ0v) is 15.3. The Labute approximate surface area is 153 Å². The molecule has 2 rings (SSSR count). The topological polar surface area (TPSA) is 97.1 Å². The molecule has 0 spiro atoms. The first-order valence-corrected chi connectivity index (χ1v) is 7.76. The van der Waals surface area contributed by atoms with Gasteiger partial charge in [0.2, 0.25) is 5.91 Å². The van der Waals surface area contributed by atoms with Gasteiger partial charge < -0.3 is 16.4 Å². The first-order valence-electron chi connectivity index (χ1n) is 7.76. The number of nitrogens with one attached hydrogen (secondary N) is 2.